The van der Waals surface area contributed by atoms with Gasteiger partial charge in [-0.1, -0.05) is 13.8 Å². The van der Waals surface area contributed by atoms with Crippen molar-refractivity contribution in [3.8, 4) is 0 Å². The maximum atomic E-state index is 13.1. The molecule has 4 atom stereocenters. The zero-order valence-corrected chi connectivity index (χ0v) is 17.6. The Kier molecular flexibility index (Phi) is 10.4. The van der Waals surface area contributed by atoms with Gasteiger partial charge in [-0.2, -0.15) is 0 Å². The Balaban J connectivity index is 6.78. The number of carbonyl (C=O) groups is 6. The van der Waals surface area contributed by atoms with Crippen molar-refractivity contribution in [2.24, 2.45) is 23.1 Å². The molecule has 0 radical (unpaired) electrons. The van der Waals surface area contributed by atoms with Crippen molar-refractivity contribution in [2.75, 3.05) is 0 Å². The van der Waals surface area contributed by atoms with Gasteiger partial charge in [-0.05, 0) is 25.7 Å². The molecule has 13 heteroatoms. The molecule has 31 heavy (non-hydrogen) atoms. The third-order valence-electron chi connectivity index (χ3n) is 4.40. The molecule has 0 heterocycles. The SMILES string of the molecule is CC(C)CC(C(=O)O)(C(=O)C(C)N)N(C(=O)C(N)CCC(=O)O)C(=O)C(N)CC(=O)O. The molecule has 13 nitrogen and oxygen atoms in total. The number of carboxylic acid groups (broad SMARTS) is 3. The van der Waals surface area contributed by atoms with Gasteiger partial charge in [0.1, 0.15) is 0 Å². The number of imide groups is 1. The number of hydrogen-bond acceptors (Lipinski definition) is 9. The second-order valence-electron chi connectivity index (χ2n) is 7.67. The highest BCUT2D eigenvalue weighted by atomic mass is 16.4. The number of aliphatic carboxylic acids is 3. The third kappa shape index (κ3) is 7.08. The van der Waals surface area contributed by atoms with E-state index in [1.807, 2.05) is 0 Å². The fourth-order valence-corrected chi connectivity index (χ4v) is 3.05. The first-order chi connectivity index (χ1) is 14.1. The topological polar surface area (TPSA) is 244 Å². The number of carboxylic acids is 3. The van der Waals surface area contributed by atoms with Crippen LogP contribution in [0.1, 0.15) is 46.5 Å². The summed E-state index contributed by atoms with van der Waals surface area (Å²) in [4.78, 5) is 73.3. The van der Waals surface area contributed by atoms with Gasteiger partial charge in [0.05, 0.1) is 24.5 Å². The lowest BCUT2D eigenvalue weighted by Gasteiger charge is -2.41. The second kappa shape index (κ2) is 11.5. The monoisotopic (exact) mass is 446 g/mol. The Morgan fingerprint density at radius 2 is 1.32 bits per heavy atom. The summed E-state index contributed by atoms with van der Waals surface area (Å²) in [6, 6.07) is -4.98. The summed E-state index contributed by atoms with van der Waals surface area (Å²) in [6.07, 6.45) is -2.57. The van der Waals surface area contributed by atoms with Gasteiger partial charge in [0, 0.05) is 6.42 Å². The second-order valence-corrected chi connectivity index (χ2v) is 7.67. The Bertz CT molecular complexity index is 738. The van der Waals surface area contributed by atoms with Crippen LogP contribution in [0.2, 0.25) is 0 Å². The van der Waals surface area contributed by atoms with Crippen LogP contribution in [0.4, 0.5) is 0 Å². The van der Waals surface area contributed by atoms with E-state index in [-0.39, 0.29) is 4.90 Å². The minimum absolute atomic E-state index is 0.0706. The van der Waals surface area contributed by atoms with Crippen LogP contribution in [0.25, 0.3) is 0 Å². The summed E-state index contributed by atoms with van der Waals surface area (Å²) < 4.78 is 0. The molecule has 0 rings (SSSR count). The molecule has 2 amide bonds. The zero-order valence-electron chi connectivity index (χ0n) is 17.6. The van der Waals surface area contributed by atoms with Crippen molar-refractivity contribution in [1.29, 1.82) is 0 Å². The largest absolute Gasteiger partial charge is 0.481 e. The van der Waals surface area contributed by atoms with Gasteiger partial charge in [-0.15, -0.1) is 0 Å². The lowest BCUT2D eigenvalue weighted by atomic mass is 9.79. The van der Waals surface area contributed by atoms with Gasteiger partial charge >= 0.3 is 17.9 Å². The lowest BCUT2D eigenvalue weighted by molar-refractivity contribution is -0.174. The predicted molar refractivity (Wildman–Crippen MR) is 105 cm³/mol. The van der Waals surface area contributed by atoms with Gasteiger partial charge < -0.3 is 32.5 Å². The summed E-state index contributed by atoms with van der Waals surface area (Å²) in [5.74, 6) is -9.25. The predicted octanol–water partition coefficient (Wildman–Crippen LogP) is -1.88. The molecule has 0 aliphatic rings. The van der Waals surface area contributed by atoms with Crippen molar-refractivity contribution in [2.45, 2.75) is 70.1 Å². The summed E-state index contributed by atoms with van der Waals surface area (Å²) in [5.41, 5.74) is 14.1. The average Bonchev–Trinajstić information content (AvgIpc) is 2.62. The van der Waals surface area contributed by atoms with E-state index >= 15 is 0 Å². The van der Waals surface area contributed by atoms with E-state index in [2.05, 4.69) is 0 Å². The molecule has 0 aliphatic heterocycles. The smallest absolute Gasteiger partial charge is 0.338 e. The van der Waals surface area contributed by atoms with Gasteiger partial charge in [-0.3, -0.25) is 28.9 Å². The number of hydrogen-bond donors (Lipinski definition) is 6. The highest BCUT2D eigenvalue weighted by molar-refractivity contribution is 6.17. The molecular formula is C18H30N4O9. The van der Waals surface area contributed by atoms with Crippen LogP contribution in [0.3, 0.4) is 0 Å². The van der Waals surface area contributed by atoms with Crippen LogP contribution in [0.5, 0.6) is 0 Å². The molecule has 0 saturated carbocycles. The van der Waals surface area contributed by atoms with Crippen molar-refractivity contribution in [1.82, 2.24) is 4.90 Å². The molecule has 0 fully saturated rings. The molecule has 0 aromatic heterocycles. The van der Waals surface area contributed by atoms with Gasteiger partial charge in [0.2, 0.25) is 17.4 Å². The standard InChI is InChI=1S/C18H30N4O9/c1-8(2)7-18(17(30)31,14(27)9(3)19)22(16(29)11(21)6-13(25)26)15(28)10(20)4-5-12(23)24/h8-11H,4-7,19-21H2,1-3H3,(H,23,24)(H,25,26)(H,30,31). The zero-order chi connectivity index (χ0) is 24.7. The summed E-state index contributed by atoms with van der Waals surface area (Å²) in [6.45, 7) is 4.22. The van der Waals surface area contributed by atoms with E-state index in [1.54, 1.807) is 0 Å². The van der Waals surface area contributed by atoms with Crippen molar-refractivity contribution >= 4 is 35.5 Å². The van der Waals surface area contributed by atoms with E-state index < -0.39 is 90.8 Å². The highest BCUT2D eigenvalue weighted by Crippen LogP contribution is 2.30. The molecule has 0 aliphatic carbocycles. The fraction of sp³-hybridized carbons (Fsp3) is 0.667. The lowest BCUT2D eigenvalue weighted by Crippen LogP contribution is -2.71. The van der Waals surface area contributed by atoms with Crippen LogP contribution in [0.15, 0.2) is 0 Å². The fourth-order valence-electron chi connectivity index (χ4n) is 3.05. The molecule has 176 valence electrons. The molecule has 4 unspecified atom stereocenters. The van der Waals surface area contributed by atoms with Gasteiger partial charge in [-0.25, -0.2) is 4.79 Å². The van der Waals surface area contributed by atoms with Crippen molar-refractivity contribution < 1.29 is 44.1 Å². The van der Waals surface area contributed by atoms with E-state index in [1.165, 1.54) is 13.8 Å². The van der Waals surface area contributed by atoms with Crippen LogP contribution in [-0.2, 0) is 28.8 Å². The van der Waals surface area contributed by atoms with Gasteiger partial charge in [0.25, 0.3) is 0 Å². The molecule has 0 aromatic carbocycles. The van der Waals surface area contributed by atoms with Crippen molar-refractivity contribution in [3.05, 3.63) is 0 Å². The maximum Gasteiger partial charge on any atom is 0.338 e. The first-order valence-corrected chi connectivity index (χ1v) is 9.45. The first kappa shape index (κ1) is 28.1. The number of nitrogens with zero attached hydrogens (tertiary/aromatic N) is 1. The van der Waals surface area contributed by atoms with Crippen LogP contribution in [-0.4, -0.2) is 79.4 Å². The molecule has 0 bridgehead atoms. The minimum Gasteiger partial charge on any atom is -0.481 e. The molecule has 9 N–H and O–H groups in total. The van der Waals surface area contributed by atoms with Crippen LogP contribution < -0.4 is 17.2 Å². The molecular weight excluding hydrogens is 416 g/mol. The highest BCUT2D eigenvalue weighted by Gasteiger charge is 2.57. The Morgan fingerprint density at radius 1 is 0.839 bits per heavy atom. The summed E-state index contributed by atoms with van der Waals surface area (Å²) >= 11 is 0. The van der Waals surface area contributed by atoms with E-state index in [0.717, 1.165) is 6.92 Å². The quantitative estimate of drug-likeness (QED) is 0.170. The molecule has 0 aromatic rings. The van der Waals surface area contributed by atoms with E-state index in [9.17, 15) is 33.9 Å². The van der Waals surface area contributed by atoms with Gasteiger partial charge in [0.15, 0.2) is 5.78 Å². The summed E-state index contributed by atoms with van der Waals surface area (Å²) in [5, 5.41) is 27.8. The molecule has 0 spiro atoms. The molecule has 0 saturated heterocycles. The summed E-state index contributed by atoms with van der Waals surface area (Å²) in [7, 11) is 0. The van der Waals surface area contributed by atoms with Crippen LogP contribution in [0, 0.1) is 5.92 Å². The number of rotatable bonds is 13. The van der Waals surface area contributed by atoms with E-state index in [4.69, 9.17) is 27.4 Å². The first-order valence-electron chi connectivity index (χ1n) is 9.45. The Labute approximate surface area is 178 Å². The normalized spacial score (nSPS) is 16.0. The third-order valence-corrected chi connectivity index (χ3v) is 4.40. The average molecular weight is 446 g/mol. The van der Waals surface area contributed by atoms with E-state index in [0.29, 0.717) is 0 Å². The van der Waals surface area contributed by atoms with Crippen LogP contribution >= 0.6 is 0 Å². The number of ketones is 1. The minimum atomic E-state index is -2.81. The number of amides is 2. The van der Waals surface area contributed by atoms with Crippen molar-refractivity contribution in [3.63, 3.8) is 0 Å². The number of nitrogens with two attached hydrogens (primary N) is 3. The maximum absolute atomic E-state index is 13.1. The Morgan fingerprint density at radius 3 is 1.68 bits per heavy atom. The number of Topliss-reactive ketones (excluding diaryl/α,β-unsaturated/α-hetero) is 1. The number of carbonyl (C=O) groups excluding carboxylic acids is 3. The Hall–Kier alpha value is -2.90.